The number of aromatic amines is 1. The van der Waals surface area contributed by atoms with Gasteiger partial charge in [0.25, 0.3) is 0 Å². The molecule has 1 spiro atoms. The molecular formula is C24H24ClFN8S. The number of rotatable bonds is 4. The van der Waals surface area contributed by atoms with Gasteiger partial charge in [-0.25, -0.2) is 19.3 Å². The number of benzene rings is 1. The van der Waals surface area contributed by atoms with Crippen molar-refractivity contribution in [3.05, 3.63) is 58.4 Å². The lowest BCUT2D eigenvalue weighted by atomic mass is 9.73. The molecule has 1 aromatic carbocycles. The van der Waals surface area contributed by atoms with Crippen molar-refractivity contribution < 1.29 is 4.39 Å². The Morgan fingerprint density at radius 2 is 2.03 bits per heavy atom. The SMILES string of the molecule is Nc1nccc(Sc2cnc3[nH]c(N4CCC5(CC4)Cc4ccc(CF)cc4[C@H]5N)nc3n2)c1Cl. The van der Waals surface area contributed by atoms with Crippen LogP contribution in [-0.2, 0) is 13.1 Å². The molecule has 35 heavy (non-hydrogen) atoms. The van der Waals surface area contributed by atoms with Crippen molar-refractivity contribution in [1.29, 1.82) is 0 Å². The van der Waals surface area contributed by atoms with E-state index in [1.165, 1.54) is 17.3 Å². The molecule has 6 rings (SSSR count). The Balaban J connectivity index is 1.18. The predicted molar refractivity (Wildman–Crippen MR) is 135 cm³/mol. The molecule has 2 aliphatic rings. The molecule has 0 saturated carbocycles. The molecule has 1 aliphatic heterocycles. The molecule has 3 aromatic heterocycles. The van der Waals surface area contributed by atoms with Gasteiger partial charge >= 0.3 is 0 Å². The normalized spacial score (nSPS) is 18.9. The van der Waals surface area contributed by atoms with Crippen molar-refractivity contribution >= 4 is 46.4 Å². The predicted octanol–water partition coefficient (Wildman–Crippen LogP) is 4.45. The fraction of sp³-hybridized carbons (Fsp3) is 0.333. The van der Waals surface area contributed by atoms with Crippen molar-refractivity contribution in [2.75, 3.05) is 23.7 Å². The summed E-state index contributed by atoms with van der Waals surface area (Å²) in [4.78, 5) is 24.1. The minimum atomic E-state index is -0.460. The maximum absolute atomic E-state index is 13.2. The maximum Gasteiger partial charge on any atom is 0.206 e. The molecular weight excluding hydrogens is 487 g/mol. The monoisotopic (exact) mass is 510 g/mol. The number of imidazole rings is 1. The molecule has 4 aromatic rings. The second-order valence-corrected chi connectivity index (χ2v) is 10.7. The summed E-state index contributed by atoms with van der Waals surface area (Å²) in [6.07, 6.45) is 6.12. The highest BCUT2D eigenvalue weighted by atomic mass is 35.5. The molecule has 11 heteroatoms. The summed E-state index contributed by atoms with van der Waals surface area (Å²) in [5.41, 5.74) is 16.8. The number of piperidine rings is 1. The Bertz CT molecular complexity index is 1420. The number of nitrogens with one attached hydrogen (secondary N) is 1. The smallest absolute Gasteiger partial charge is 0.206 e. The van der Waals surface area contributed by atoms with Gasteiger partial charge in [0, 0.05) is 30.2 Å². The zero-order chi connectivity index (χ0) is 24.2. The van der Waals surface area contributed by atoms with E-state index in [4.69, 9.17) is 28.1 Å². The Morgan fingerprint density at radius 3 is 2.83 bits per heavy atom. The summed E-state index contributed by atoms with van der Waals surface area (Å²) >= 11 is 7.63. The summed E-state index contributed by atoms with van der Waals surface area (Å²) in [5.74, 6) is 1.04. The number of halogens is 2. The van der Waals surface area contributed by atoms with E-state index in [0.29, 0.717) is 26.9 Å². The molecule has 1 aliphatic carbocycles. The van der Waals surface area contributed by atoms with Gasteiger partial charge in [0.1, 0.15) is 17.5 Å². The van der Waals surface area contributed by atoms with Gasteiger partial charge in [-0.15, -0.1) is 0 Å². The highest BCUT2D eigenvalue weighted by Crippen LogP contribution is 2.51. The second-order valence-electron chi connectivity index (χ2n) is 9.22. The highest BCUT2D eigenvalue weighted by molar-refractivity contribution is 7.99. The average Bonchev–Trinajstić information content (AvgIpc) is 3.41. The molecule has 0 amide bonds. The van der Waals surface area contributed by atoms with E-state index < -0.39 is 6.67 Å². The van der Waals surface area contributed by atoms with Gasteiger partial charge < -0.3 is 21.4 Å². The molecule has 5 N–H and O–H groups in total. The number of H-pyrrole nitrogens is 1. The first-order chi connectivity index (χ1) is 17.0. The zero-order valence-electron chi connectivity index (χ0n) is 18.8. The van der Waals surface area contributed by atoms with E-state index in [1.807, 2.05) is 18.2 Å². The number of nitrogen functional groups attached to an aromatic ring is 1. The molecule has 8 nitrogen and oxygen atoms in total. The minimum Gasteiger partial charge on any atom is -0.382 e. The number of pyridine rings is 1. The van der Waals surface area contributed by atoms with Crippen LogP contribution in [0.1, 0.15) is 35.6 Å². The van der Waals surface area contributed by atoms with Gasteiger partial charge in [-0.3, -0.25) is 0 Å². The number of fused-ring (bicyclic) bond motifs is 2. The van der Waals surface area contributed by atoms with Crippen LogP contribution < -0.4 is 16.4 Å². The van der Waals surface area contributed by atoms with Crippen LogP contribution in [0.2, 0.25) is 5.02 Å². The third-order valence-electron chi connectivity index (χ3n) is 7.23. The average molecular weight is 511 g/mol. The van der Waals surface area contributed by atoms with Crippen LogP contribution in [0.25, 0.3) is 11.3 Å². The number of nitrogens with zero attached hydrogens (tertiary/aromatic N) is 5. The van der Waals surface area contributed by atoms with E-state index in [-0.39, 0.29) is 17.3 Å². The van der Waals surface area contributed by atoms with Crippen molar-refractivity contribution in [3.8, 4) is 0 Å². The number of aromatic nitrogens is 5. The third kappa shape index (κ3) is 3.89. The number of anilines is 2. The summed E-state index contributed by atoms with van der Waals surface area (Å²) in [6.45, 7) is 1.19. The van der Waals surface area contributed by atoms with Crippen LogP contribution in [0.3, 0.4) is 0 Å². The van der Waals surface area contributed by atoms with Gasteiger partial charge in [-0.2, -0.15) is 4.98 Å². The Kier molecular flexibility index (Phi) is 5.54. The van der Waals surface area contributed by atoms with E-state index >= 15 is 0 Å². The first-order valence-corrected chi connectivity index (χ1v) is 12.6. The van der Waals surface area contributed by atoms with Gasteiger partial charge in [-0.1, -0.05) is 41.6 Å². The molecule has 0 bridgehead atoms. The lowest BCUT2D eigenvalue weighted by Crippen LogP contribution is -2.44. The Morgan fingerprint density at radius 1 is 1.20 bits per heavy atom. The minimum absolute atomic E-state index is 0.00570. The van der Waals surface area contributed by atoms with Crippen molar-refractivity contribution in [1.82, 2.24) is 24.9 Å². The molecule has 1 saturated heterocycles. The third-order valence-corrected chi connectivity index (χ3v) is 8.71. The summed E-state index contributed by atoms with van der Waals surface area (Å²) < 4.78 is 13.2. The number of hydrogen-bond acceptors (Lipinski definition) is 8. The molecule has 0 radical (unpaired) electrons. The highest BCUT2D eigenvalue weighted by Gasteiger charge is 2.46. The van der Waals surface area contributed by atoms with E-state index in [0.717, 1.165) is 48.8 Å². The zero-order valence-corrected chi connectivity index (χ0v) is 20.4. The first kappa shape index (κ1) is 22.5. The largest absolute Gasteiger partial charge is 0.382 e. The molecule has 180 valence electrons. The second kappa shape index (κ2) is 8.61. The van der Waals surface area contributed by atoms with Crippen molar-refractivity contribution in [2.45, 2.75) is 41.9 Å². The molecule has 1 fully saturated rings. The van der Waals surface area contributed by atoms with Crippen molar-refractivity contribution in [2.24, 2.45) is 11.1 Å². The fourth-order valence-corrected chi connectivity index (χ4v) is 6.26. The molecule has 0 unspecified atom stereocenters. The summed E-state index contributed by atoms with van der Waals surface area (Å²) in [5, 5.41) is 1.07. The first-order valence-electron chi connectivity index (χ1n) is 11.4. The standard InChI is InChI=1S/C24H24ClFN8S/c25-18-16(3-6-29-20(18)28)35-17-12-30-21-22(31-17)33-23(32-21)34-7-4-24(5-8-34)10-14-2-1-13(11-26)9-15(14)19(24)27/h1-3,6,9,12,19H,4-5,7-8,10-11,27H2,(H2,28,29)(H,30,31,32,33)/t19-/m1/s1. The maximum atomic E-state index is 13.2. The number of alkyl halides is 1. The Hall–Kier alpha value is -2.95. The van der Waals surface area contributed by atoms with Gasteiger partial charge in [0.2, 0.25) is 5.95 Å². The van der Waals surface area contributed by atoms with Crippen LogP contribution in [0, 0.1) is 5.41 Å². The van der Waals surface area contributed by atoms with Crippen LogP contribution in [0.5, 0.6) is 0 Å². The quantitative estimate of drug-likeness (QED) is 0.368. The fourth-order valence-electron chi connectivity index (χ4n) is 5.24. The van der Waals surface area contributed by atoms with Crippen LogP contribution in [0.15, 0.2) is 46.6 Å². The molecule has 4 heterocycles. The number of nitrogens with two attached hydrogens (primary N) is 2. The van der Waals surface area contributed by atoms with Gasteiger partial charge in [0.15, 0.2) is 11.3 Å². The van der Waals surface area contributed by atoms with Gasteiger partial charge in [-0.05, 0) is 47.4 Å². The van der Waals surface area contributed by atoms with Crippen molar-refractivity contribution in [3.63, 3.8) is 0 Å². The van der Waals surface area contributed by atoms with Crippen LogP contribution in [-0.4, -0.2) is 38.0 Å². The lowest BCUT2D eigenvalue weighted by Gasteiger charge is -2.42. The number of hydrogen-bond donors (Lipinski definition) is 3. The summed E-state index contributed by atoms with van der Waals surface area (Å²) in [6, 6.07) is 7.59. The Labute approximate surface area is 210 Å². The topological polar surface area (TPSA) is 123 Å². The van der Waals surface area contributed by atoms with E-state index in [2.05, 4.69) is 24.8 Å². The molecule has 1 atom stereocenters. The van der Waals surface area contributed by atoms with Crippen LogP contribution in [0.4, 0.5) is 16.2 Å². The summed E-state index contributed by atoms with van der Waals surface area (Å²) in [7, 11) is 0. The van der Waals surface area contributed by atoms with E-state index in [9.17, 15) is 4.39 Å². The van der Waals surface area contributed by atoms with E-state index in [1.54, 1.807) is 18.5 Å². The van der Waals surface area contributed by atoms with Gasteiger partial charge in [0.05, 0.1) is 11.2 Å². The lowest BCUT2D eigenvalue weighted by molar-refractivity contribution is 0.187. The van der Waals surface area contributed by atoms with Crippen LogP contribution >= 0.6 is 23.4 Å².